The van der Waals surface area contributed by atoms with Crippen molar-refractivity contribution in [2.75, 3.05) is 5.32 Å². The molecule has 1 aromatic carbocycles. The highest BCUT2D eigenvalue weighted by Crippen LogP contribution is 2.20. The van der Waals surface area contributed by atoms with Gasteiger partial charge in [-0.1, -0.05) is 0 Å². The number of nitrogens with two attached hydrogens (primary N) is 1. The molecule has 1 heterocycles. The molecular formula is C13H13N3O5. The molecule has 0 bridgehead atoms. The molecule has 1 atom stereocenters. The molecule has 8 heteroatoms. The molecule has 0 radical (unpaired) electrons. The monoisotopic (exact) mass is 291 g/mol. The average molecular weight is 291 g/mol. The quantitative estimate of drug-likeness (QED) is 0.549. The van der Waals surface area contributed by atoms with E-state index in [4.69, 9.17) is 10.8 Å². The van der Waals surface area contributed by atoms with Gasteiger partial charge >= 0.3 is 5.97 Å². The lowest BCUT2D eigenvalue weighted by Gasteiger charge is -2.11. The van der Waals surface area contributed by atoms with Crippen molar-refractivity contribution < 1.29 is 24.3 Å². The predicted molar refractivity (Wildman–Crippen MR) is 71.7 cm³/mol. The van der Waals surface area contributed by atoms with E-state index in [2.05, 4.69) is 10.6 Å². The van der Waals surface area contributed by atoms with Crippen LogP contribution in [0.25, 0.3) is 0 Å². The van der Waals surface area contributed by atoms with Gasteiger partial charge in [-0.2, -0.15) is 0 Å². The number of carbonyl (C=O) groups excluding carboxylic acids is 3. The summed E-state index contributed by atoms with van der Waals surface area (Å²) in [4.78, 5) is 45.1. The fraction of sp³-hybridized carbons (Fsp3) is 0.231. The van der Waals surface area contributed by atoms with Gasteiger partial charge in [0.25, 0.3) is 11.8 Å². The number of benzene rings is 1. The summed E-state index contributed by atoms with van der Waals surface area (Å²) < 4.78 is 0. The lowest BCUT2D eigenvalue weighted by atomic mass is 10.1. The first kappa shape index (κ1) is 14.7. The molecule has 1 aliphatic rings. The van der Waals surface area contributed by atoms with Crippen molar-refractivity contribution in [2.24, 2.45) is 5.73 Å². The molecule has 110 valence electrons. The van der Waals surface area contributed by atoms with Gasteiger partial charge in [0, 0.05) is 12.1 Å². The van der Waals surface area contributed by atoms with Crippen molar-refractivity contribution in [2.45, 2.75) is 18.9 Å². The first-order valence-electron chi connectivity index (χ1n) is 6.16. The van der Waals surface area contributed by atoms with E-state index < -0.39 is 29.7 Å². The lowest BCUT2D eigenvalue weighted by Crippen LogP contribution is -2.36. The van der Waals surface area contributed by atoms with Crippen LogP contribution in [-0.4, -0.2) is 34.8 Å². The van der Waals surface area contributed by atoms with Gasteiger partial charge in [-0.15, -0.1) is 0 Å². The molecule has 1 aromatic rings. The number of rotatable bonds is 5. The Morgan fingerprint density at radius 1 is 1.24 bits per heavy atom. The molecule has 0 fully saturated rings. The second kappa shape index (κ2) is 5.71. The predicted octanol–water partition coefficient (Wildman–Crippen LogP) is -0.299. The molecular weight excluding hydrogens is 278 g/mol. The molecule has 0 saturated heterocycles. The van der Waals surface area contributed by atoms with E-state index in [-0.39, 0.29) is 24.0 Å². The number of carbonyl (C=O) groups is 4. The van der Waals surface area contributed by atoms with Gasteiger partial charge in [-0.05, 0) is 24.6 Å². The molecule has 0 aliphatic carbocycles. The maximum Gasteiger partial charge on any atom is 0.303 e. The fourth-order valence-electron chi connectivity index (χ4n) is 1.89. The van der Waals surface area contributed by atoms with E-state index in [0.717, 1.165) is 0 Å². The van der Waals surface area contributed by atoms with Crippen molar-refractivity contribution in [3.8, 4) is 0 Å². The number of carboxylic acid groups (broad SMARTS) is 1. The smallest absolute Gasteiger partial charge is 0.303 e. The molecule has 1 aliphatic heterocycles. The van der Waals surface area contributed by atoms with E-state index in [0.29, 0.717) is 5.69 Å². The normalized spacial score (nSPS) is 14.3. The Morgan fingerprint density at radius 2 is 1.90 bits per heavy atom. The molecule has 5 N–H and O–H groups in total. The highest BCUT2D eigenvalue weighted by molar-refractivity contribution is 6.22. The Bertz CT molecular complexity index is 641. The van der Waals surface area contributed by atoms with Crippen LogP contribution in [0.3, 0.4) is 0 Å². The van der Waals surface area contributed by atoms with Crippen LogP contribution in [0.5, 0.6) is 0 Å². The molecule has 21 heavy (non-hydrogen) atoms. The van der Waals surface area contributed by atoms with Gasteiger partial charge in [0.05, 0.1) is 17.2 Å². The van der Waals surface area contributed by atoms with Crippen molar-refractivity contribution >= 4 is 29.4 Å². The number of hydrogen-bond acceptors (Lipinski definition) is 5. The second-order valence-electron chi connectivity index (χ2n) is 4.57. The first-order valence-corrected chi connectivity index (χ1v) is 6.16. The number of nitrogens with one attached hydrogen (secondary N) is 2. The minimum absolute atomic E-state index is 0.00504. The van der Waals surface area contributed by atoms with Crippen molar-refractivity contribution in [1.82, 2.24) is 5.32 Å². The first-order chi connectivity index (χ1) is 9.88. The minimum Gasteiger partial charge on any atom is -0.481 e. The molecule has 1 unspecified atom stereocenters. The molecule has 0 aromatic heterocycles. The Labute approximate surface area is 119 Å². The molecule has 3 amide bonds. The van der Waals surface area contributed by atoms with Gasteiger partial charge < -0.3 is 16.2 Å². The van der Waals surface area contributed by atoms with Crippen molar-refractivity contribution in [3.63, 3.8) is 0 Å². The van der Waals surface area contributed by atoms with E-state index in [9.17, 15) is 19.2 Å². The maximum absolute atomic E-state index is 11.8. The van der Waals surface area contributed by atoms with Gasteiger partial charge in [-0.3, -0.25) is 24.5 Å². The number of imide groups is 1. The minimum atomic E-state index is -1.04. The zero-order valence-corrected chi connectivity index (χ0v) is 10.9. The van der Waals surface area contributed by atoms with Crippen LogP contribution in [0, 0.1) is 0 Å². The Kier molecular flexibility index (Phi) is 3.99. The number of fused-ring (bicyclic) bond motifs is 1. The maximum atomic E-state index is 11.8. The standard InChI is InChI=1S/C13H13N3O5/c14-9(3-4-10(17)18)13(21)15-6-1-2-7-8(5-6)12(20)16-11(7)19/h1-2,5,9H,3-4,14H2,(H,15,21)(H,17,18)(H,16,19,20). The summed E-state index contributed by atoms with van der Waals surface area (Å²) in [6.07, 6.45) is -0.208. The number of aliphatic carboxylic acids is 1. The highest BCUT2D eigenvalue weighted by Gasteiger charge is 2.27. The summed E-state index contributed by atoms with van der Waals surface area (Å²) in [7, 11) is 0. The molecule has 0 spiro atoms. The van der Waals surface area contributed by atoms with Crippen LogP contribution in [0.15, 0.2) is 18.2 Å². The number of carboxylic acids is 1. The van der Waals surface area contributed by atoms with Crippen molar-refractivity contribution in [3.05, 3.63) is 29.3 Å². The fourth-order valence-corrected chi connectivity index (χ4v) is 1.89. The van der Waals surface area contributed by atoms with Crippen LogP contribution < -0.4 is 16.4 Å². The topological polar surface area (TPSA) is 139 Å². The Balaban J connectivity index is 2.05. The lowest BCUT2D eigenvalue weighted by molar-refractivity contribution is -0.137. The van der Waals surface area contributed by atoms with Crippen LogP contribution in [-0.2, 0) is 9.59 Å². The van der Waals surface area contributed by atoms with Crippen LogP contribution in [0.4, 0.5) is 5.69 Å². The summed E-state index contributed by atoms with van der Waals surface area (Å²) >= 11 is 0. The molecule has 0 saturated carbocycles. The summed E-state index contributed by atoms with van der Waals surface area (Å²) in [5, 5.41) is 13.2. The van der Waals surface area contributed by atoms with Crippen molar-refractivity contribution in [1.29, 1.82) is 0 Å². The van der Waals surface area contributed by atoms with Gasteiger partial charge in [0.1, 0.15) is 0 Å². The van der Waals surface area contributed by atoms with Gasteiger partial charge in [0.15, 0.2) is 0 Å². The Morgan fingerprint density at radius 3 is 2.57 bits per heavy atom. The average Bonchev–Trinajstić information content (AvgIpc) is 2.71. The summed E-state index contributed by atoms with van der Waals surface area (Å²) in [5.41, 5.74) is 6.30. The zero-order chi connectivity index (χ0) is 15.6. The third kappa shape index (κ3) is 3.23. The van der Waals surface area contributed by atoms with E-state index in [1.807, 2.05) is 0 Å². The number of amides is 3. The highest BCUT2D eigenvalue weighted by atomic mass is 16.4. The van der Waals surface area contributed by atoms with E-state index in [1.165, 1.54) is 18.2 Å². The summed E-state index contributed by atoms with van der Waals surface area (Å²) in [6, 6.07) is 3.30. The second-order valence-corrected chi connectivity index (χ2v) is 4.57. The van der Waals surface area contributed by atoms with E-state index in [1.54, 1.807) is 0 Å². The third-order valence-corrected chi connectivity index (χ3v) is 3.01. The van der Waals surface area contributed by atoms with E-state index >= 15 is 0 Å². The number of hydrogen-bond donors (Lipinski definition) is 4. The van der Waals surface area contributed by atoms with Gasteiger partial charge in [0.2, 0.25) is 5.91 Å². The largest absolute Gasteiger partial charge is 0.481 e. The number of anilines is 1. The molecule has 8 nitrogen and oxygen atoms in total. The third-order valence-electron chi connectivity index (χ3n) is 3.01. The van der Waals surface area contributed by atoms with Crippen LogP contribution in [0.2, 0.25) is 0 Å². The molecule has 2 rings (SSSR count). The van der Waals surface area contributed by atoms with Crippen LogP contribution in [0.1, 0.15) is 33.6 Å². The summed E-state index contributed by atoms with van der Waals surface area (Å²) in [5.74, 6) is -2.60. The SMILES string of the molecule is NC(CCC(=O)O)C(=O)Nc1ccc2c(c1)C(=O)NC2=O. The Hall–Kier alpha value is -2.74. The zero-order valence-electron chi connectivity index (χ0n) is 10.9. The summed E-state index contributed by atoms with van der Waals surface area (Å²) in [6.45, 7) is 0. The van der Waals surface area contributed by atoms with Gasteiger partial charge in [-0.25, -0.2) is 0 Å². The van der Waals surface area contributed by atoms with Crippen LogP contribution >= 0.6 is 0 Å².